The number of para-hydroxylation sites is 1. The summed E-state index contributed by atoms with van der Waals surface area (Å²) in [7, 11) is 0. The highest BCUT2D eigenvalue weighted by Gasteiger charge is 2.22. The number of rotatable bonds is 2. The Bertz CT molecular complexity index is 745. The number of benzene rings is 2. The fourth-order valence-electron chi connectivity index (χ4n) is 2.99. The molecule has 0 spiro atoms. The second-order valence-corrected chi connectivity index (χ2v) is 6.96. The molecule has 134 valence electrons. The standard InChI is InChI=1S/C19H22BrN3O.ClH/c1-14-6-5-9-18(15(14)2)22-10-12-23(13-11-22)19(24)21-17-8-4-3-7-16(17)20;/h3-9H,10-13H2,1-2H3,(H,21,24);1H. The van der Waals surface area contributed by atoms with Gasteiger partial charge < -0.3 is 15.1 Å². The molecule has 3 rings (SSSR count). The number of carbonyl (C=O) groups excluding carboxylic acids is 1. The van der Waals surface area contributed by atoms with Crippen LogP contribution in [0.1, 0.15) is 11.1 Å². The Kier molecular flexibility index (Phi) is 6.73. The van der Waals surface area contributed by atoms with E-state index in [9.17, 15) is 4.79 Å². The van der Waals surface area contributed by atoms with E-state index < -0.39 is 0 Å². The number of anilines is 2. The second-order valence-electron chi connectivity index (χ2n) is 6.10. The smallest absolute Gasteiger partial charge is 0.321 e. The summed E-state index contributed by atoms with van der Waals surface area (Å²) < 4.78 is 0.896. The topological polar surface area (TPSA) is 35.6 Å². The monoisotopic (exact) mass is 423 g/mol. The van der Waals surface area contributed by atoms with Gasteiger partial charge in [-0.1, -0.05) is 24.3 Å². The minimum atomic E-state index is -0.0393. The lowest BCUT2D eigenvalue weighted by Crippen LogP contribution is -2.50. The molecule has 0 bridgehead atoms. The molecule has 0 aromatic heterocycles. The van der Waals surface area contributed by atoms with Gasteiger partial charge in [0.1, 0.15) is 0 Å². The number of carbonyl (C=O) groups is 1. The first kappa shape index (κ1) is 19.6. The number of nitrogens with zero attached hydrogens (tertiary/aromatic N) is 2. The van der Waals surface area contributed by atoms with E-state index in [1.54, 1.807) is 0 Å². The highest BCUT2D eigenvalue weighted by atomic mass is 79.9. The van der Waals surface area contributed by atoms with Gasteiger partial charge in [-0.3, -0.25) is 0 Å². The van der Waals surface area contributed by atoms with Gasteiger partial charge in [0.2, 0.25) is 0 Å². The largest absolute Gasteiger partial charge is 0.368 e. The zero-order valence-electron chi connectivity index (χ0n) is 14.5. The molecule has 1 fully saturated rings. The predicted molar refractivity (Wildman–Crippen MR) is 110 cm³/mol. The van der Waals surface area contributed by atoms with Crippen molar-refractivity contribution in [2.75, 3.05) is 36.4 Å². The molecule has 1 saturated heterocycles. The first-order valence-corrected chi connectivity index (χ1v) is 8.97. The van der Waals surface area contributed by atoms with Crippen molar-refractivity contribution in [3.63, 3.8) is 0 Å². The van der Waals surface area contributed by atoms with Crippen LogP contribution < -0.4 is 10.2 Å². The average molecular weight is 425 g/mol. The van der Waals surface area contributed by atoms with E-state index in [4.69, 9.17) is 0 Å². The number of urea groups is 1. The third-order valence-corrected chi connectivity index (χ3v) is 5.29. The molecule has 0 atom stereocenters. The van der Waals surface area contributed by atoms with E-state index in [-0.39, 0.29) is 18.4 Å². The predicted octanol–water partition coefficient (Wildman–Crippen LogP) is 4.84. The Balaban J connectivity index is 0.00000225. The number of amides is 2. The summed E-state index contributed by atoms with van der Waals surface area (Å²) in [5, 5.41) is 2.98. The summed E-state index contributed by atoms with van der Waals surface area (Å²) >= 11 is 3.46. The van der Waals surface area contributed by atoms with Gasteiger partial charge >= 0.3 is 6.03 Å². The Hall–Kier alpha value is -1.72. The van der Waals surface area contributed by atoms with Gasteiger partial charge in [-0.15, -0.1) is 12.4 Å². The zero-order valence-corrected chi connectivity index (χ0v) is 16.9. The summed E-state index contributed by atoms with van der Waals surface area (Å²) in [6.45, 7) is 7.46. The maximum absolute atomic E-state index is 12.5. The lowest BCUT2D eigenvalue weighted by atomic mass is 10.1. The molecule has 6 heteroatoms. The Labute approximate surface area is 163 Å². The molecule has 1 aliphatic heterocycles. The molecule has 0 radical (unpaired) electrons. The molecule has 1 N–H and O–H groups in total. The molecule has 1 aliphatic rings. The highest BCUT2D eigenvalue weighted by molar-refractivity contribution is 9.10. The van der Waals surface area contributed by atoms with Gasteiger partial charge in [0, 0.05) is 36.3 Å². The second kappa shape index (κ2) is 8.59. The minimum absolute atomic E-state index is 0. The van der Waals surface area contributed by atoms with Gasteiger partial charge in [-0.25, -0.2) is 4.79 Å². The Morgan fingerprint density at radius 3 is 2.36 bits per heavy atom. The third-order valence-electron chi connectivity index (χ3n) is 4.60. The van der Waals surface area contributed by atoms with Gasteiger partial charge in [0.25, 0.3) is 0 Å². The van der Waals surface area contributed by atoms with Crippen LogP contribution in [0.2, 0.25) is 0 Å². The summed E-state index contributed by atoms with van der Waals surface area (Å²) in [6, 6.07) is 14.0. The lowest BCUT2D eigenvalue weighted by Gasteiger charge is -2.37. The van der Waals surface area contributed by atoms with Crippen molar-refractivity contribution in [2.24, 2.45) is 0 Å². The van der Waals surface area contributed by atoms with Crippen LogP contribution in [0.15, 0.2) is 46.9 Å². The van der Waals surface area contributed by atoms with E-state index in [0.29, 0.717) is 0 Å². The van der Waals surface area contributed by atoms with Gasteiger partial charge in [-0.2, -0.15) is 0 Å². The van der Waals surface area contributed by atoms with Gasteiger partial charge in [0.05, 0.1) is 5.69 Å². The maximum Gasteiger partial charge on any atom is 0.321 e. The first-order chi connectivity index (χ1) is 11.6. The number of hydrogen-bond acceptors (Lipinski definition) is 2. The summed E-state index contributed by atoms with van der Waals surface area (Å²) in [5.74, 6) is 0. The lowest BCUT2D eigenvalue weighted by molar-refractivity contribution is 0.208. The van der Waals surface area contributed by atoms with E-state index in [1.165, 1.54) is 16.8 Å². The van der Waals surface area contributed by atoms with Crippen molar-refractivity contribution in [2.45, 2.75) is 13.8 Å². The van der Waals surface area contributed by atoms with Crippen LogP contribution in [0.3, 0.4) is 0 Å². The first-order valence-electron chi connectivity index (χ1n) is 8.18. The maximum atomic E-state index is 12.5. The highest BCUT2D eigenvalue weighted by Crippen LogP contribution is 2.25. The molecule has 2 aromatic rings. The SMILES string of the molecule is Cc1cccc(N2CCN(C(=O)Nc3ccccc3Br)CC2)c1C.Cl. The van der Waals surface area contributed by atoms with Crippen LogP contribution in [0.25, 0.3) is 0 Å². The zero-order chi connectivity index (χ0) is 17.1. The van der Waals surface area contributed by atoms with Crippen molar-refractivity contribution < 1.29 is 4.79 Å². The van der Waals surface area contributed by atoms with E-state index in [2.05, 4.69) is 58.2 Å². The van der Waals surface area contributed by atoms with Crippen LogP contribution in [0.5, 0.6) is 0 Å². The van der Waals surface area contributed by atoms with Crippen molar-refractivity contribution in [3.8, 4) is 0 Å². The van der Waals surface area contributed by atoms with Crippen LogP contribution in [-0.4, -0.2) is 37.1 Å². The molecule has 25 heavy (non-hydrogen) atoms. The van der Waals surface area contributed by atoms with Crippen molar-refractivity contribution in [1.29, 1.82) is 0 Å². The minimum Gasteiger partial charge on any atom is -0.368 e. The summed E-state index contributed by atoms with van der Waals surface area (Å²) in [5.41, 5.74) is 4.71. The molecule has 1 heterocycles. The van der Waals surface area contributed by atoms with Crippen LogP contribution in [-0.2, 0) is 0 Å². The van der Waals surface area contributed by atoms with Crippen LogP contribution >= 0.6 is 28.3 Å². The summed E-state index contributed by atoms with van der Waals surface area (Å²) in [6.07, 6.45) is 0. The van der Waals surface area contributed by atoms with E-state index in [0.717, 1.165) is 36.3 Å². The molecule has 0 saturated carbocycles. The summed E-state index contributed by atoms with van der Waals surface area (Å²) in [4.78, 5) is 16.7. The number of aryl methyl sites for hydroxylation is 1. The molecular formula is C19H23BrClN3O. The normalized spacial score (nSPS) is 14.0. The molecule has 0 unspecified atom stereocenters. The van der Waals surface area contributed by atoms with E-state index in [1.807, 2.05) is 29.2 Å². The fraction of sp³-hybridized carbons (Fsp3) is 0.316. The number of piperazine rings is 1. The van der Waals surface area contributed by atoms with Crippen molar-refractivity contribution in [1.82, 2.24) is 4.90 Å². The molecule has 4 nitrogen and oxygen atoms in total. The van der Waals surface area contributed by atoms with Gasteiger partial charge in [-0.05, 0) is 59.1 Å². The quantitative estimate of drug-likeness (QED) is 0.748. The molecule has 0 aliphatic carbocycles. The van der Waals surface area contributed by atoms with Gasteiger partial charge in [0.15, 0.2) is 0 Å². The van der Waals surface area contributed by atoms with E-state index >= 15 is 0 Å². The molecular weight excluding hydrogens is 402 g/mol. The number of hydrogen-bond donors (Lipinski definition) is 1. The molecule has 2 aromatic carbocycles. The Morgan fingerprint density at radius 2 is 1.68 bits per heavy atom. The van der Waals surface area contributed by atoms with Crippen LogP contribution in [0, 0.1) is 13.8 Å². The third kappa shape index (κ3) is 4.47. The number of nitrogens with one attached hydrogen (secondary N) is 1. The Morgan fingerprint density at radius 1 is 1.00 bits per heavy atom. The van der Waals surface area contributed by atoms with Crippen molar-refractivity contribution >= 4 is 45.7 Å². The van der Waals surface area contributed by atoms with Crippen molar-refractivity contribution in [3.05, 3.63) is 58.1 Å². The van der Waals surface area contributed by atoms with Crippen LogP contribution in [0.4, 0.5) is 16.2 Å². The number of halogens is 2. The fourth-order valence-corrected chi connectivity index (χ4v) is 3.37. The molecule has 2 amide bonds. The average Bonchev–Trinajstić information content (AvgIpc) is 2.59.